The number of benzene rings is 2. The Balaban J connectivity index is 1.91. The fraction of sp³-hybridized carbons (Fsp3) is 0.111. The van der Waals surface area contributed by atoms with Crippen LogP contribution >= 0.6 is 0 Å². The summed E-state index contributed by atoms with van der Waals surface area (Å²) < 4.78 is 5.22. The predicted molar refractivity (Wildman–Crippen MR) is 85.4 cm³/mol. The molecule has 2 aromatic heterocycles. The minimum absolute atomic E-state index is 0.141. The van der Waals surface area contributed by atoms with Crippen molar-refractivity contribution in [1.29, 1.82) is 0 Å². The lowest BCUT2D eigenvalue weighted by molar-refractivity contribution is 0.557. The van der Waals surface area contributed by atoms with Crippen LogP contribution in [0.3, 0.4) is 0 Å². The van der Waals surface area contributed by atoms with Gasteiger partial charge in [-0.25, -0.2) is 0 Å². The van der Waals surface area contributed by atoms with Crippen LogP contribution in [0.5, 0.6) is 0 Å². The molecule has 3 nitrogen and oxygen atoms in total. The van der Waals surface area contributed by atoms with Gasteiger partial charge in [-0.05, 0) is 36.9 Å². The van der Waals surface area contributed by atoms with Crippen molar-refractivity contribution in [2.24, 2.45) is 0 Å². The summed E-state index contributed by atoms with van der Waals surface area (Å²) in [5, 5.41) is 5.87. The number of aromatic amines is 1. The minimum atomic E-state index is 0.141. The number of rotatable bonds is 3. The predicted octanol–water partition coefficient (Wildman–Crippen LogP) is 4.22. The summed E-state index contributed by atoms with van der Waals surface area (Å²) in [6.45, 7) is 0. The van der Waals surface area contributed by atoms with E-state index >= 15 is 0 Å². The lowest BCUT2D eigenvalue weighted by Gasteiger charge is -2.15. The first-order valence-corrected chi connectivity index (χ1v) is 7.06. The van der Waals surface area contributed by atoms with Crippen molar-refractivity contribution in [3.8, 4) is 0 Å². The fourth-order valence-corrected chi connectivity index (χ4v) is 3.01. The van der Waals surface area contributed by atoms with Gasteiger partial charge >= 0.3 is 0 Å². The Morgan fingerprint density at radius 2 is 1.81 bits per heavy atom. The van der Waals surface area contributed by atoms with E-state index in [0.29, 0.717) is 0 Å². The number of hydrogen-bond donors (Lipinski definition) is 2. The van der Waals surface area contributed by atoms with Gasteiger partial charge in [0.2, 0.25) is 0 Å². The largest absolute Gasteiger partial charge is 0.472 e. The Labute approximate surface area is 122 Å². The van der Waals surface area contributed by atoms with E-state index in [1.165, 1.54) is 27.4 Å². The molecule has 0 saturated carbocycles. The van der Waals surface area contributed by atoms with Crippen LogP contribution in [0.2, 0.25) is 0 Å². The zero-order valence-electron chi connectivity index (χ0n) is 11.8. The Morgan fingerprint density at radius 3 is 2.62 bits per heavy atom. The lowest BCUT2D eigenvalue weighted by atomic mass is 9.99. The standard InChI is InChI=1S/C18H16N2O/c1-19-18(13-8-9-21-11-13)12-6-7-17-15(10-12)14-4-2-3-5-16(14)20-17/h2-11,18-20H,1H3. The zero-order chi connectivity index (χ0) is 14.2. The molecule has 0 saturated heterocycles. The number of para-hydroxylation sites is 1. The molecule has 3 heteroatoms. The second-order valence-electron chi connectivity index (χ2n) is 5.25. The van der Waals surface area contributed by atoms with Gasteiger partial charge in [0, 0.05) is 27.4 Å². The van der Waals surface area contributed by atoms with Crippen LogP contribution in [0, 0.1) is 0 Å². The van der Waals surface area contributed by atoms with Gasteiger partial charge in [-0.1, -0.05) is 24.3 Å². The summed E-state index contributed by atoms with van der Waals surface area (Å²) in [5.74, 6) is 0. The average Bonchev–Trinajstić information content (AvgIpc) is 3.15. The van der Waals surface area contributed by atoms with Gasteiger partial charge in [0.1, 0.15) is 0 Å². The first-order chi connectivity index (χ1) is 10.4. The second kappa shape index (κ2) is 4.79. The van der Waals surface area contributed by atoms with Gasteiger partial charge in [0.15, 0.2) is 0 Å². The molecule has 0 spiro atoms. The monoisotopic (exact) mass is 276 g/mol. The van der Waals surface area contributed by atoms with Gasteiger partial charge < -0.3 is 14.7 Å². The maximum atomic E-state index is 5.22. The first-order valence-electron chi connectivity index (χ1n) is 7.06. The first kappa shape index (κ1) is 12.2. The third-order valence-electron chi connectivity index (χ3n) is 4.03. The summed E-state index contributed by atoms with van der Waals surface area (Å²) in [5.41, 5.74) is 4.71. The maximum absolute atomic E-state index is 5.22. The van der Waals surface area contributed by atoms with Crippen molar-refractivity contribution < 1.29 is 4.42 Å². The zero-order valence-corrected chi connectivity index (χ0v) is 11.8. The lowest BCUT2D eigenvalue weighted by Crippen LogP contribution is -2.16. The molecule has 1 unspecified atom stereocenters. The highest BCUT2D eigenvalue weighted by Gasteiger charge is 2.14. The second-order valence-corrected chi connectivity index (χ2v) is 5.25. The Hall–Kier alpha value is -2.52. The molecule has 0 radical (unpaired) electrons. The molecule has 2 aromatic carbocycles. The number of H-pyrrole nitrogens is 1. The molecule has 0 amide bonds. The molecule has 0 aliphatic carbocycles. The maximum Gasteiger partial charge on any atom is 0.0953 e. The van der Waals surface area contributed by atoms with Crippen molar-refractivity contribution in [2.45, 2.75) is 6.04 Å². The van der Waals surface area contributed by atoms with Gasteiger partial charge in [-0.3, -0.25) is 0 Å². The number of fused-ring (bicyclic) bond motifs is 3. The van der Waals surface area contributed by atoms with Crippen molar-refractivity contribution in [2.75, 3.05) is 7.05 Å². The molecule has 104 valence electrons. The highest BCUT2D eigenvalue weighted by atomic mass is 16.3. The van der Waals surface area contributed by atoms with Crippen LogP contribution in [0.25, 0.3) is 21.8 Å². The van der Waals surface area contributed by atoms with Crippen molar-refractivity contribution in [1.82, 2.24) is 10.3 Å². The molecule has 0 aliphatic rings. The molecule has 1 atom stereocenters. The van der Waals surface area contributed by atoms with Gasteiger partial charge in [0.25, 0.3) is 0 Å². The summed E-state index contributed by atoms with van der Waals surface area (Å²) in [6, 6.07) is 17.1. The van der Waals surface area contributed by atoms with Crippen LogP contribution in [0.15, 0.2) is 65.5 Å². The summed E-state index contributed by atoms with van der Waals surface area (Å²) in [4.78, 5) is 3.46. The highest BCUT2D eigenvalue weighted by molar-refractivity contribution is 6.07. The molecular weight excluding hydrogens is 260 g/mol. The van der Waals surface area contributed by atoms with Crippen LogP contribution in [0.4, 0.5) is 0 Å². The smallest absolute Gasteiger partial charge is 0.0953 e. The minimum Gasteiger partial charge on any atom is -0.472 e. The van der Waals surface area contributed by atoms with Gasteiger partial charge in [-0.15, -0.1) is 0 Å². The normalized spacial score (nSPS) is 13.0. The van der Waals surface area contributed by atoms with E-state index in [2.05, 4.69) is 52.8 Å². The molecule has 0 fully saturated rings. The van der Waals surface area contributed by atoms with Crippen LogP contribution in [-0.4, -0.2) is 12.0 Å². The number of aromatic nitrogens is 1. The summed E-state index contributed by atoms with van der Waals surface area (Å²) in [7, 11) is 1.97. The topological polar surface area (TPSA) is 41.0 Å². The Bertz CT molecular complexity index is 890. The Kier molecular flexibility index (Phi) is 2.79. The molecule has 21 heavy (non-hydrogen) atoms. The SMILES string of the molecule is CNC(c1ccoc1)c1ccc2[nH]c3ccccc3c2c1. The molecule has 4 aromatic rings. The van der Waals surface area contributed by atoms with E-state index in [1.54, 1.807) is 12.5 Å². The fourth-order valence-electron chi connectivity index (χ4n) is 3.01. The molecule has 0 aliphatic heterocycles. The average molecular weight is 276 g/mol. The summed E-state index contributed by atoms with van der Waals surface area (Å²) >= 11 is 0. The van der Waals surface area contributed by atoms with Crippen LogP contribution < -0.4 is 5.32 Å². The summed E-state index contributed by atoms with van der Waals surface area (Å²) in [6.07, 6.45) is 3.50. The quantitative estimate of drug-likeness (QED) is 0.588. The van der Waals surface area contributed by atoms with Gasteiger partial charge in [0.05, 0.1) is 18.6 Å². The van der Waals surface area contributed by atoms with E-state index in [4.69, 9.17) is 4.42 Å². The van der Waals surface area contributed by atoms with Crippen LogP contribution in [0.1, 0.15) is 17.2 Å². The molecular formula is C18H16N2O. The van der Waals surface area contributed by atoms with Crippen molar-refractivity contribution >= 4 is 21.8 Å². The van der Waals surface area contributed by atoms with Crippen molar-refractivity contribution in [3.63, 3.8) is 0 Å². The number of hydrogen-bond acceptors (Lipinski definition) is 2. The van der Waals surface area contributed by atoms with Crippen LogP contribution in [-0.2, 0) is 0 Å². The Morgan fingerprint density at radius 1 is 0.952 bits per heavy atom. The van der Waals surface area contributed by atoms with E-state index in [9.17, 15) is 0 Å². The van der Waals surface area contributed by atoms with E-state index in [-0.39, 0.29) is 6.04 Å². The van der Waals surface area contributed by atoms with E-state index < -0.39 is 0 Å². The van der Waals surface area contributed by atoms with E-state index in [0.717, 1.165) is 5.56 Å². The molecule has 2 heterocycles. The number of furan rings is 1. The highest BCUT2D eigenvalue weighted by Crippen LogP contribution is 2.30. The third kappa shape index (κ3) is 1.94. The molecule has 0 bridgehead atoms. The number of nitrogens with one attached hydrogen (secondary N) is 2. The molecule has 2 N–H and O–H groups in total. The molecule has 4 rings (SSSR count). The van der Waals surface area contributed by atoms with E-state index in [1.807, 2.05) is 13.1 Å². The van der Waals surface area contributed by atoms with Gasteiger partial charge in [-0.2, -0.15) is 0 Å². The van der Waals surface area contributed by atoms with Crippen molar-refractivity contribution in [3.05, 3.63) is 72.2 Å². The third-order valence-corrected chi connectivity index (χ3v) is 4.03.